The number of hydrogen-bond donors (Lipinski definition) is 0. The van der Waals surface area contributed by atoms with Crippen molar-refractivity contribution in [3.05, 3.63) is 77.9 Å². The van der Waals surface area contributed by atoms with Gasteiger partial charge < -0.3 is 9.69 Å². The monoisotopic (exact) mass is 321 g/mol. The summed E-state index contributed by atoms with van der Waals surface area (Å²) in [6.45, 7) is 4.54. The second-order valence-electron chi connectivity index (χ2n) is 6.53. The summed E-state index contributed by atoms with van der Waals surface area (Å²) >= 11 is 0. The van der Waals surface area contributed by atoms with E-state index in [2.05, 4.69) is 0 Å². The molecule has 2 rings (SSSR count). The second-order valence-corrected chi connectivity index (χ2v) is 6.53. The van der Waals surface area contributed by atoms with E-state index in [9.17, 15) is 9.59 Å². The van der Waals surface area contributed by atoms with E-state index in [0.717, 1.165) is 17.4 Å². The first kappa shape index (κ1) is 17.7. The molecule has 0 aromatic heterocycles. The van der Waals surface area contributed by atoms with Gasteiger partial charge in [0.2, 0.25) is 5.91 Å². The van der Waals surface area contributed by atoms with Crippen LogP contribution in [0.4, 0.5) is 0 Å². The van der Waals surface area contributed by atoms with E-state index in [1.165, 1.54) is 0 Å². The Balaban J connectivity index is 2.16. The third kappa shape index (κ3) is 5.51. The summed E-state index contributed by atoms with van der Waals surface area (Å²) in [6.07, 6.45) is 4.27. The molecule has 0 heterocycles. The fourth-order valence-electron chi connectivity index (χ4n) is 2.38. The molecule has 0 unspecified atom stereocenters. The van der Waals surface area contributed by atoms with Gasteiger partial charge in [0, 0.05) is 24.6 Å². The van der Waals surface area contributed by atoms with Crippen LogP contribution >= 0.6 is 0 Å². The quantitative estimate of drug-likeness (QED) is 0.572. The lowest BCUT2D eigenvalue weighted by atomic mass is 9.94. The van der Waals surface area contributed by atoms with Crippen LogP contribution in [0, 0.1) is 5.41 Å². The minimum absolute atomic E-state index is 0.0994. The lowest BCUT2D eigenvalue weighted by Gasteiger charge is -2.28. The van der Waals surface area contributed by atoms with Crippen LogP contribution in [-0.2, 0) is 16.1 Å². The first-order valence-electron chi connectivity index (χ1n) is 8.02. The maximum absolute atomic E-state index is 12.6. The zero-order valence-electron chi connectivity index (χ0n) is 14.2. The summed E-state index contributed by atoms with van der Waals surface area (Å²) in [5, 5.41) is 0. The first-order chi connectivity index (χ1) is 11.5. The van der Waals surface area contributed by atoms with Gasteiger partial charge in [-0.3, -0.25) is 4.79 Å². The average Bonchev–Trinajstić information content (AvgIpc) is 2.61. The Labute approximate surface area is 143 Å². The van der Waals surface area contributed by atoms with E-state index in [-0.39, 0.29) is 5.91 Å². The molecule has 2 aromatic rings. The number of benzene rings is 2. The molecule has 0 saturated heterocycles. The Hall–Kier alpha value is -2.68. The summed E-state index contributed by atoms with van der Waals surface area (Å²) in [4.78, 5) is 25.6. The Kier molecular flexibility index (Phi) is 6.07. The van der Waals surface area contributed by atoms with E-state index in [0.29, 0.717) is 13.1 Å². The summed E-state index contributed by atoms with van der Waals surface area (Å²) in [5.41, 5.74) is 1.44. The molecule has 0 spiro atoms. The summed E-state index contributed by atoms with van der Waals surface area (Å²) < 4.78 is 0. The molecule has 0 radical (unpaired) electrons. The highest BCUT2D eigenvalue weighted by molar-refractivity contribution is 5.92. The van der Waals surface area contributed by atoms with Gasteiger partial charge >= 0.3 is 0 Å². The molecule has 124 valence electrons. The number of carbonyl (C=O) groups excluding carboxylic acids is 2. The molecular weight excluding hydrogens is 298 g/mol. The van der Waals surface area contributed by atoms with E-state index in [4.69, 9.17) is 0 Å². The SMILES string of the molecule is CC(C)(C=O)CN(Cc1ccccc1)C(=O)/C=C/c1ccccc1. The molecule has 3 nitrogen and oxygen atoms in total. The molecule has 24 heavy (non-hydrogen) atoms. The third-order valence-electron chi connectivity index (χ3n) is 3.66. The van der Waals surface area contributed by atoms with Crippen molar-refractivity contribution in [1.29, 1.82) is 0 Å². The minimum atomic E-state index is -0.578. The van der Waals surface area contributed by atoms with Gasteiger partial charge in [0.25, 0.3) is 0 Å². The Morgan fingerprint density at radius 2 is 1.58 bits per heavy atom. The van der Waals surface area contributed by atoms with Crippen LogP contribution < -0.4 is 0 Å². The summed E-state index contributed by atoms with van der Waals surface area (Å²) in [6, 6.07) is 19.5. The van der Waals surface area contributed by atoms with Crippen molar-refractivity contribution in [2.24, 2.45) is 5.41 Å². The maximum atomic E-state index is 12.6. The van der Waals surface area contributed by atoms with Gasteiger partial charge in [-0.2, -0.15) is 0 Å². The number of rotatable bonds is 7. The van der Waals surface area contributed by atoms with Crippen molar-refractivity contribution in [2.75, 3.05) is 6.54 Å². The van der Waals surface area contributed by atoms with E-state index in [1.54, 1.807) is 17.1 Å². The topological polar surface area (TPSA) is 37.4 Å². The van der Waals surface area contributed by atoms with Crippen LogP contribution in [0.3, 0.4) is 0 Å². The molecule has 0 aliphatic heterocycles. The van der Waals surface area contributed by atoms with Gasteiger partial charge in [0.05, 0.1) is 0 Å². The number of amides is 1. The van der Waals surface area contributed by atoms with Gasteiger partial charge in [-0.25, -0.2) is 0 Å². The van der Waals surface area contributed by atoms with Crippen molar-refractivity contribution in [3.63, 3.8) is 0 Å². The van der Waals surface area contributed by atoms with Crippen LogP contribution in [0.5, 0.6) is 0 Å². The zero-order chi connectivity index (χ0) is 17.4. The Morgan fingerprint density at radius 1 is 1.00 bits per heavy atom. The molecular formula is C21H23NO2. The first-order valence-corrected chi connectivity index (χ1v) is 8.02. The Morgan fingerprint density at radius 3 is 2.17 bits per heavy atom. The highest BCUT2D eigenvalue weighted by Crippen LogP contribution is 2.17. The fraction of sp³-hybridized carbons (Fsp3) is 0.238. The van der Waals surface area contributed by atoms with E-state index in [1.807, 2.05) is 74.5 Å². The maximum Gasteiger partial charge on any atom is 0.246 e. The van der Waals surface area contributed by atoms with Crippen molar-refractivity contribution in [2.45, 2.75) is 20.4 Å². The molecule has 0 bridgehead atoms. The smallest absolute Gasteiger partial charge is 0.246 e. The lowest BCUT2D eigenvalue weighted by Crippen LogP contribution is -2.38. The molecule has 0 aliphatic carbocycles. The summed E-state index contributed by atoms with van der Waals surface area (Å²) in [5.74, 6) is -0.0994. The van der Waals surface area contributed by atoms with Crippen LogP contribution in [-0.4, -0.2) is 23.6 Å². The highest BCUT2D eigenvalue weighted by Gasteiger charge is 2.23. The number of aldehydes is 1. The van der Waals surface area contributed by atoms with Crippen molar-refractivity contribution in [1.82, 2.24) is 4.90 Å². The highest BCUT2D eigenvalue weighted by atomic mass is 16.2. The molecule has 0 atom stereocenters. The van der Waals surface area contributed by atoms with E-state index >= 15 is 0 Å². The second kappa shape index (κ2) is 8.25. The number of nitrogens with zero attached hydrogens (tertiary/aromatic N) is 1. The Bertz CT molecular complexity index is 690. The van der Waals surface area contributed by atoms with Gasteiger partial charge in [-0.1, -0.05) is 74.5 Å². The largest absolute Gasteiger partial charge is 0.334 e. The third-order valence-corrected chi connectivity index (χ3v) is 3.66. The number of carbonyl (C=O) groups is 2. The molecule has 0 fully saturated rings. The van der Waals surface area contributed by atoms with Crippen molar-refractivity contribution >= 4 is 18.3 Å². The van der Waals surface area contributed by atoms with Crippen molar-refractivity contribution in [3.8, 4) is 0 Å². The van der Waals surface area contributed by atoms with Crippen LogP contribution in [0.25, 0.3) is 6.08 Å². The molecule has 1 amide bonds. The van der Waals surface area contributed by atoms with Crippen LogP contribution in [0.1, 0.15) is 25.0 Å². The fourth-order valence-corrected chi connectivity index (χ4v) is 2.38. The molecule has 2 aromatic carbocycles. The van der Waals surface area contributed by atoms with Gasteiger partial charge in [-0.05, 0) is 17.2 Å². The zero-order valence-corrected chi connectivity index (χ0v) is 14.2. The van der Waals surface area contributed by atoms with Gasteiger partial charge in [-0.15, -0.1) is 0 Å². The van der Waals surface area contributed by atoms with Crippen LogP contribution in [0.15, 0.2) is 66.7 Å². The number of hydrogen-bond acceptors (Lipinski definition) is 2. The molecule has 0 saturated carbocycles. The van der Waals surface area contributed by atoms with E-state index < -0.39 is 5.41 Å². The van der Waals surface area contributed by atoms with Gasteiger partial charge in [0.1, 0.15) is 6.29 Å². The average molecular weight is 321 g/mol. The lowest BCUT2D eigenvalue weighted by molar-refractivity contribution is -0.129. The predicted octanol–water partition coefficient (Wildman–Crippen LogP) is 3.95. The molecule has 0 aliphatic rings. The van der Waals surface area contributed by atoms with Gasteiger partial charge in [0.15, 0.2) is 0 Å². The molecule has 3 heteroatoms. The standard InChI is InChI=1S/C21H23NO2/c1-21(2,17-23)16-22(15-19-11-7-4-8-12-19)20(24)14-13-18-9-5-3-6-10-18/h3-14,17H,15-16H2,1-2H3/b14-13+. The van der Waals surface area contributed by atoms with Crippen LogP contribution in [0.2, 0.25) is 0 Å². The predicted molar refractivity (Wildman–Crippen MR) is 97.2 cm³/mol. The normalized spacial score (nSPS) is 11.4. The summed E-state index contributed by atoms with van der Waals surface area (Å²) in [7, 11) is 0. The van der Waals surface area contributed by atoms with Crippen molar-refractivity contribution < 1.29 is 9.59 Å². The minimum Gasteiger partial charge on any atom is -0.334 e. The molecule has 0 N–H and O–H groups in total.